The summed E-state index contributed by atoms with van der Waals surface area (Å²) >= 11 is 1.70. The topological polar surface area (TPSA) is 241 Å². The molecule has 0 saturated carbocycles. The van der Waals surface area contributed by atoms with E-state index in [1.54, 1.807) is 16.2 Å². The third-order valence-corrected chi connectivity index (χ3v) is 14.0. The van der Waals surface area contributed by atoms with E-state index in [0.717, 1.165) is 111 Å². The molecule has 5 aromatic rings. The average molecular weight is 1010 g/mol. The molecule has 3 saturated heterocycles. The number of aromatic nitrogens is 2. The number of carbonyl (C=O) groups excluding carboxylic acids is 3. The van der Waals surface area contributed by atoms with E-state index in [1.165, 1.54) is 35.3 Å². The summed E-state index contributed by atoms with van der Waals surface area (Å²) in [6.07, 6.45) is 7.27. The largest absolute Gasteiger partial charge is 0.490 e. The zero-order chi connectivity index (χ0) is 52.0. The van der Waals surface area contributed by atoms with Crippen LogP contribution in [0.3, 0.4) is 0 Å². The number of thiazole rings is 1. The number of fused-ring (bicyclic) bond motifs is 1. The molecular formula is C54H78N10O7S. The van der Waals surface area contributed by atoms with Gasteiger partial charge in [-0.3, -0.25) is 9.59 Å². The summed E-state index contributed by atoms with van der Waals surface area (Å²) in [5.41, 5.74) is 19.0. The number of amidine groups is 1. The van der Waals surface area contributed by atoms with Crippen LogP contribution in [0.4, 0.5) is 0 Å². The van der Waals surface area contributed by atoms with Crippen molar-refractivity contribution in [2.75, 3.05) is 72.6 Å². The van der Waals surface area contributed by atoms with Crippen molar-refractivity contribution >= 4 is 46.7 Å². The maximum absolute atomic E-state index is 11.6. The number of aliphatic hydroxyl groups is 1. The fraction of sp³-hybridized carbons (Fsp3) is 0.519. The van der Waals surface area contributed by atoms with Crippen LogP contribution >= 0.6 is 11.3 Å². The van der Waals surface area contributed by atoms with Gasteiger partial charge < -0.3 is 61.2 Å². The molecule has 17 nitrogen and oxygen atoms in total. The number of likely N-dealkylation sites (tertiary alicyclic amines) is 3. The van der Waals surface area contributed by atoms with Crippen LogP contribution < -0.4 is 27.4 Å². The molecule has 0 spiro atoms. The summed E-state index contributed by atoms with van der Waals surface area (Å²) in [6.45, 7) is 19.9. The van der Waals surface area contributed by atoms with Crippen LogP contribution in [0.15, 0.2) is 81.9 Å². The molecule has 72 heavy (non-hydrogen) atoms. The number of hydrogen-bond acceptors (Lipinski definition) is 15. The number of amides is 2. The van der Waals surface area contributed by atoms with Gasteiger partial charge >= 0.3 is 0 Å². The van der Waals surface area contributed by atoms with Crippen molar-refractivity contribution in [3.8, 4) is 27.5 Å². The van der Waals surface area contributed by atoms with E-state index < -0.39 is 0 Å². The molecule has 2 amide bonds. The molecule has 3 aliphatic heterocycles. The third kappa shape index (κ3) is 18.4. The SMILES string of the molecule is C=O.CC(C)(C)CC(=O)N1CCC(O)C1.CNCc1ccc(-c2scnc2C)cc1.N/N=C(\N)c1ccc2noc(-c3cccc(OC4CCN(CCC5CCN(CCOCCC(N)=O)CC5)CC4)c3)c2c1. The summed E-state index contributed by atoms with van der Waals surface area (Å²) in [4.78, 5) is 42.7. The first-order chi connectivity index (χ1) is 34.7. The van der Waals surface area contributed by atoms with Gasteiger partial charge in [-0.05, 0) is 125 Å². The molecule has 1 unspecified atom stereocenters. The van der Waals surface area contributed by atoms with Crippen LogP contribution in [-0.2, 0) is 25.7 Å². The third-order valence-electron chi connectivity index (χ3n) is 13.0. The van der Waals surface area contributed by atoms with E-state index >= 15 is 0 Å². The Hall–Kier alpha value is -5.76. The molecular weight excluding hydrogens is 933 g/mol. The van der Waals surface area contributed by atoms with Crippen molar-refractivity contribution in [3.05, 3.63) is 89.1 Å². The second-order valence-corrected chi connectivity index (χ2v) is 20.7. The molecule has 8 rings (SSSR count). The summed E-state index contributed by atoms with van der Waals surface area (Å²) in [6, 6.07) is 22.2. The van der Waals surface area contributed by atoms with Gasteiger partial charge in [0.05, 0.1) is 40.8 Å². The second-order valence-electron chi connectivity index (χ2n) is 19.9. The maximum atomic E-state index is 11.6. The van der Waals surface area contributed by atoms with E-state index in [2.05, 4.69) is 75.4 Å². The smallest absolute Gasteiger partial charge is 0.223 e. The van der Waals surface area contributed by atoms with Gasteiger partial charge in [0.15, 0.2) is 5.76 Å². The van der Waals surface area contributed by atoms with Gasteiger partial charge in [0.1, 0.15) is 30.0 Å². The van der Waals surface area contributed by atoms with Gasteiger partial charge in [-0.2, -0.15) is 5.10 Å². The normalized spacial score (nSPS) is 17.1. The lowest BCUT2D eigenvalue weighted by molar-refractivity contribution is -0.132. The predicted molar refractivity (Wildman–Crippen MR) is 286 cm³/mol. The van der Waals surface area contributed by atoms with E-state index in [-0.39, 0.29) is 35.3 Å². The van der Waals surface area contributed by atoms with Crippen LogP contribution in [0.1, 0.15) is 89.0 Å². The van der Waals surface area contributed by atoms with Crippen molar-refractivity contribution in [1.29, 1.82) is 0 Å². The molecule has 2 aromatic heterocycles. The Morgan fingerprint density at radius 2 is 1.62 bits per heavy atom. The van der Waals surface area contributed by atoms with Gasteiger partial charge in [-0.15, -0.1) is 11.3 Å². The first kappa shape index (κ1) is 57.1. The Balaban J connectivity index is 0.000000259. The minimum absolute atomic E-state index is 0.0463. The van der Waals surface area contributed by atoms with E-state index in [0.29, 0.717) is 38.4 Å². The monoisotopic (exact) mass is 1010 g/mol. The number of aryl methyl sites for hydroxylation is 1. The quantitative estimate of drug-likeness (QED) is 0.0217. The summed E-state index contributed by atoms with van der Waals surface area (Å²) in [5.74, 6) is 7.77. The number of primary amides is 1. The van der Waals surface area contributed by atoms with E-state index in [4.69, 9.17) is 36.1 Å². The lowest BCUT2D eigenvalue weighted by Gasteiger charge is -2.35. The fourth-order valence-electron chi connectivity index (χ4n) is 8.96. The standard InChI is InChI=1S/C31H43N7O4.C12H14N2S.C10H19NO2.CH2O/c32-29(39)11-18-40-19-17-38-13-7-22(8-14-38)6-12-37-15-9-25(10-16-37)41-26-3-1-2-23(20-26)30-27-21-24(31(33)35-34)4-5-28(27)36-42-30;1-9-12(15-8-14-9)11-5-3-10(4-6-11)7-13-2;1-10(2,3)6-9(13)11-5-4-8(12)7-11;1-2/h1-5,20-22,25H,6-19,34H2,(H2,32,39)(H2,33,35);3-6,8,13H,7H2,1-2H3;8,12H,4-7H2,1-3H3;1H2. The molecule has 0 bridgehead atoms. The van der Waals surface area contributed by atoms with Crippen LogP contribution in [0.5, 0.6) is 5.75 Å². The Kier molecular flexibility index (Phi) is 23.1. The number of nitrogens with zero attached hydrogens (tertiary/aromatic N) is 6. The highest BCUT2D eigenvalue weighted by Crippen LogP contribution is 2.33. The molecule has 5 heterocycles. The van der Waals surface area contributed by atoms with Gasteiger partial charge in [0.25, 0.3) is 0 Å². The minimum Gasteiger partial charge on any atom is -0.490 e. The van der Waals surface area contributed by atoms with Crippen molar-refractivity contribution in [2.24, 2.45) is 33.7 Å². The first-order valence-electron chi connectivity index (χ1n) is 25.1. The fourth-order valence-corrected chi connectivity index (χ4v) is 9.77. The minimum atomic E-state index is -0.309. The van der Waals surface area contributed by atoms with Crippen molar-refractivity contribution in [3.63, 3.8) is 0 Å². The van der Waals surface area contributed by atoms with Crippen molar-refractivity contribution < 1.29 is 33.5 Å². The van der Waals surface area contributed by atoms with Crippen LogP contribution in [-0.4, -0.2) is 139 Å². The highest BCUT2D eigenvalue weighted by Gasteiger charge is 2.28. The number of nitrogens with two attached hydrogens (primary N) is 3. The number of piperidine rings is 2. The molecule has 3 fully saturated rings. The molecule has 392 valence electrons. The highest BCUT2D eigenvalue weighted by atomic mass is 32.1. The number of hydrogen-bond donors (Lipinski definition) is 5. The molecule has 3 aromatic carbocycles. The number of ether oxygens (including phenoxy) is 2. The molecule has 0 radical (unpaired) electrons. The molecule has 18 heteroatoms. The Morgan fingerprint density at radius 1 is 0.917 bits per heavy atom. The number of β-amino-alcohol motifs (C(OH)–C–C–N with tert-alkyl or cyclic N) is 1. The van der Waals surface area contributed by atoms with Gasteiger partial charge in [0.2, 0.25) is 11.8 Å². The van der Waals surface area contributed by atoms with Crippen LogP contribution in [0, 0.1) is 18.3 Å². The van der Waals surface area contributed by atoms with Crippen molar-refractivity contribution in [1.82, 2.24) is 30.2 Å². The maximum Gasteiger partial charge on any atom is 0.223 e. The van der Waals surface area contributed by atoms with Gasteiger partial charge in [-0.1, -0.05) is 62.3 Å². The summed E-state index contributed by atoms with van der Waals surface area (Å²) < 4.78 is 17.6. The lowest BCUT2D eigenvalue weighted by Crippen LogP contribution is -2.40. The van der Waals surface area contributed by atoms with Gasteiger partial charge in [-0.25, -0.2) is 4.98 Å². The zero-order valence-corrected chi connectivity index (χ0v) is 43.8. The lowest BCUT2D eigenvalue weighted by atomic mass is 9.92. The summed E-state index contributed by atoms with van der Waals surface area (Å²) in [7, 11) is 1.96. The van der Waals surface area contributed by atoms with Crippen molar-refractivity contribution in [2.45, 2.75) is 97.8 Å². The van der Waals surface area contributed by atoms with E-state index in [9.17, 15) is 14.7 Å². The Labute approximate surface area is 429 Å². The molecule has 1 atom stereocenters. The molecule has 0 aliphatic carbocycles. The summed E-state index contributed by atoms with van der Waals surface area (Å²) in [5, 5.41) is 21.0. The van der Waals surface area contributed by atoms with E-state index in [1.807, 2.05) is 68.7 Å². The first-order valence-corrected chi connectivity index (χ1v) is 26.0. The average Bonchev–Trinajstić information content (AvgIpc) is 4.14. The van der Waals surface area contributed by atoms with Gasteiger partial charge in [0, 0.05) is 63.2 Å². The number of nitrogens with one attached hydrogen (secondary N) is 1. The predicted octanol–water partition coefficient (Wildman–Crippen LogP) is 6.58. The number of carbonyl (C=O) groups is 3. The molecule has 8 N–H and O–H groups in total. The van der Waals surface area contributed by atoms with Crippen LogP contribution in [0.2, 0.25) is 0 Å². The highest BCUT2D eigenvalue weighted by molar-refractivity contribution is 7.13. The molecule has 3 aliphatic rings. The Morgan fingerprint density at radius 3 is 2.25 bits per heavy atom. The second kappa shape index (κ2) is 29.1. The number of hydrazone groups is 1. The Bertz CT molecular complexity index is 2440. The zero-order valence-electron chi connectivity index (χ0n) is 43.0. The number of rotatable bonds is 17. The number of benzene rings is 3. The number of aliphatic hydroxyl groups excluding tert-OH is 1. The van der Waals surface area contributed by atoms with Crippen LogP contribution in [0.25, 0.3) is 32.7 Å².